The highest BCUT2D eigenvalue weighted by Crippen LogP contribution is 2.32. The van der Waals surface area contributed by atoms with Gasteiger partial charge < -0.3 is 4.42 Å². The number of anilines is 1. The fraction of sp³-hybridized carbons (Fsp3) is 0.217. The second-order valence-corrected chi connectivity index (χ2v) is 10.6. The van der Waals surface area contributed by atoms with Crippen molar-refractivity contribution in [1.82, 2.24) is 4.98 Å². The zero-order valence-corrected chi connectivity index (χ0v) is 19.3. The number of halogens is 2. The summed E-state index contributed by atoms with van der Waals surface area (Å²) < 4.78 is 58.5. The molecule has 0 bridgehead atoms. The fourth-order valence-corrected chi connectivity index (χ4v) is 5.63. The molecule has 2 heterocycles. The monoisotopic (exact) mass is 490 g/mol. The molecule has 33 heavy (non-hydrogen) atoms. The second-order valence-electron chi connectivity index (χ2n) is 7.53. The molecular formula is C23H20F2N2O4S2. The average Bonchev–Trinajstić information content (AvgIpc) is 3.42. The minimum atomic E-state index is -3.54. The summed E-state index contributed by atoms with van der Waals surface area (Å²) in [5.74, 6) is -1.68. The highest BCUT2D eigenvalue weighted by atomic mass is 32.2. The fourth-order valence-electron chi connectivity index (χ4n) is 3.29. The Labute approximate surface area is 193 Å². The molecule has 2 aromatic heterocycles. The van der Waals surface area contributed by atoms with E-state index in [0.717, 1.165) is 29.0 Å². The molecule has 0 atom stereocenters. The highest BCUT2D eigenvalue weighted by molar-refractivity contribution is 7.91. The second kappa shape index (κ2) is 9.40. The van der Waals surface area contributed by atoms with E-state index in [2.05, 4.69) is 4.98 Å². The number of hydrogen-bond donors (Lipinski definition) is 0. The lowest BCUT2D eigenvalue weighted by molar-refractivity contribution is -0.118. The summed E-state index contributed by atoms with van der Waals surface area (Å²) in [6.07, 6.45) is 1.48. The maximum Gasteiger partial charge on any atom is 0.229 e. The Kier molecular flexibility index (Phi) is 6.57. The van der Waals surface area contributed by atoms with Crippen LogP contribution in [0.25, 0.3) is 10.2 Å². The molecule has 0 N–H and O–H groups in total. The third-order valence-corrected chi connectivity index (χ3v) is 7.85. The molecular weight excluding hydrogens is 470 g/mol. The molecule has 10 heteroatoms. The number of rotatable bonds is 8. The van der Waals surface area contributed by atoms with Crippen LogP contribution in [0.4, 0.5) is 13.9 Å². The number of sulfone groups is 1. The van der Waals surface area contributed by atoms with Gasteiger partial charge >= 0.3 is 0 Å². The SMILES string of the molecule is Cc1ccc(S(=O)(=O)CCCC(=O)N(Cc2ccco2)c2nc3c(F)cc(F)cc3s2)cc1. The number of fused-ring (bicyclic) bond motifs is 1. The number of thiazole rings is 1. The van der Waals surface area contributed by atoms with E-state index >= 15 is 0 Å². The van der Waals surface area contributed by atoms with E-state index in [1.165, 1.54) is 11.2 Å². The molecule has 0 aliphatic rings. The van der Waals surface area contributed by atoms with Crippen LogP contribution in [0, 0.1) is 18.6 Å². The van der Waals surface area contributed by atoms with E-state index in [0.29, 0.717) is 5.76 Å². The number of furan rings is 1. The number of amides is 1. The number of aryl methyl sites for hydroxylation is 1. The maximum atomic E-state index is 14.1. The van der Waals surface area contributed by atoms with Gasteiger partial charge in [0.25, 0.3) is 0 Å². The van der Waals surface area contributed by atoms with E-state index in [1.807, 2.05) is 6.92 Å². The maximum absolute atomic E-state index is 14.1. The Balaban J connectivity index is 1.53. The summed E-state index contributed by atoms with van der Waals surface area (Å²) in [6, 6.07) is 11.8. The van der Waals surface area contributed by atoms with Crippen molar-refractivity contribution in [2.24, 2.45) is 0 Å². The minimum absolute atomic E-state index is 0.0282. The number of carbonyl (C=O) groups excluding carboxylic acids is 1. The Morgan fingerprint density at radius 2 is 1.91 bits per heavy atom. The van der Waals surface area contributed by atoms with Crippen molar-refractivity contribution in [2.45, 2.75) is 31.2 Å². The van der Waals surface area contributed by atoms with E-state index in [4.69, 9.17) is 4.42 Å². The first-order valence-electron chi connectivity index (χ1n) is 10.1. The first kappa shape index (κ1) is 23.1. The Morgan fingerprint density at radius 1 is 1.15 bits per heavy atom. The molecule has 4 aromatic rings. The molecule has 6 nitrogen and oxygen atoms in total. The van der Waals surface area contributed by atoms with Gasteiger partial charge in [0, 0.05) is 12.5 Å². The summed E-state index contributed by atoms with van der Waals surface area (Å²) in [6.45, 7) is 1.89. The lowest BCUT2D eigenvalue weighted by Crippen LogP contribution is -2.30. The van der Waals surface area contributed by atoms with Crippen molar-refractivity contribution in [3.63, 3.8) is 0 Å². The van der Waals surface area contributed by atoms with Gasteiger partial charge in [0.15, 0.2) is 20.8 Å². The molecule has 0 spiro atoms. The van der Waals surface area contributed by atoms with Gasteiger partial charge in [-0.25, -0.2) is 22.2 Å². The first-order chi connectivity index (χ1) is 15.7. The Hall–Kier alpha value is -3.11. The molecule has 0 aliphatic heterocycles. The van der Waals surface area contributed by atoms with Crippen LogP contribution in [0.2, 0.25) is 0 Å². The molecule has 4 rings (SSSR count). The number of carbonyl (C=O) groups is 1. The summed E-state index contributed by atoms with van der Waals surface area (Å²) in [5.41, 5.74) is 0.917. The summed E-state index contributed by atoms with van der Waals surface area (Å²) in [5, 5.41) is 0.178. The standard InChI is InChI=1S/C23H20F2N2O4S2/c1-15-6-8-18(9-7-15)33(29,30)11-3-5-21(28)27(14-17-4-2-10-31-17)23-26-22-19(25)12-16(24)13-20(22)32-23/h2,4,6-10,12-13H,3,5,11,14H2,1H3. The van der Waals surface area contributed by atoms with Gasteiger partial charge in [-0.05, 0) is 43.7 Å². The lowest BCUT2D eigenvalue weighted by atomic mass is 10.2. The Bertz CT molecular complexity index is 1380. The van der Waals surface area contributed by atoms with Crippen LogP contribution in [-0.4, -0.2) is 25.1 Å². The molecule has 0 aliphatic carbocycles. The van der Waals surface area contributed by atoms with Gasteiger partial charge in [-0.1, -0.05) is 29.0 Å². The molecule has 2 aromatic carbocycles. The normalized spacial score (nSPS) is 11.7. The van der Waals surface area contributed by atoms with Gasteiger partial charge in [0.2, 0.25) is 5.91 Å². The van der Waals surface area contributed by atoms with Crippen LogP contribution >= 0.6 is 11.3 Å². The van der Waals surface area contributed by atoms with E-state index in [-0.39, 0.29) is 45.4 Å². The predicted octanol–water partition coefficient (Wildman–Crippen LogP) is 5.26. The largest absolute Gasteiger partial charge is 0.467 e. The number of aromatic nitrogens is 1. The van der Waals surface area contributed by atoms with Gasteiger partial charge in [-0.3, -0.25) is 9.69 Å². The zero-order chi connectivity index (χ0) is 23.6. The van der Waals surface area contributed by atoms with Crippen LogP contribution in [0.5, 0.6) is 0 Å². The zero-order valence-electron chi connectivity index (χ0n) is 17.6. The molecule has 0 saturated carbocycles. The summed E-state index contributed by atoms with van der Waals surface area (Å²) >= 11 is 0.975. The summed E-state index contributed by atoms with van der Waals surface area (Å²) in [4.78, 5) is 18.8. The molecule has 0 saturated heterocycles. The van der Waals surface area contributed by atoms with Gasteiger partial charge in [-0.15, -0.1) is 0 Å². The summed E-state index contributed by atoms with van der Waals surface area (Å²) in [7, 11) is -3.54. The number of benzene rings is 2. The van der Waals surface area contributed by atoms with Gasteiger partial charge in [0.05, 0.1) is 28.2 Å². The van der Waals surface area contributed by atoms with E-state index < -0.39 is 27.4 Å². The van der Waals surface area contributed by atoms with Crippen molar-refractivity contribution < 1.29 is 26.4 Å². The Morgan fingerprint density at radius 3 is 2.61 bits per heavy atom. The molecule has 1 amide bonds. The average molecular weight is 491 g/mol. The quantitative estimate of drug-likeness (QED) is 0.336. The molecule has 0 unspecified atom stereocenters. The minimum Gasteiger partial charge on any atom is -0.467 e. The van der Waals surface area contributed by atoms with Crippen molar-refractivity contribution in [3.05, 3.63) is 77.8 Å². The molecule has 0 fully saturated rings. The molecule has 0 radical (unpaired) electrons. The van der Waals surface area contributed by atoms with Crippen molar-refractivity contribution >= 4 is 42.4 Å². The van der Waals surface area contributed by atoms with Gasteiger partial charge in [-0.2, -0.15) is 0 Å². The van der Waals surface area contributed by atoms with Crippen LogP contribution in [0.1, 0.15) is 24.2 Å². The number of hydrogen-bond acceptors (Lipinski definition) is 6. The van der Waals surface area contributed by atoms with Crippen LogP contribution in [-0.2, 0) is 21.2 Å². The van der Waals surface area contributed by atoms with Crippen LogP contribution in [0.3, 0.4) is 0 Å². The van der Waals surface area contributed by atoms with Gasteiger partial charge in [0.1, 0.15) is 17.1 Å². The topological polar surface area (TPSA) is 80.5 Å². The van der Waals surface area contributed by atoms with Crippen molar-refractivity contribution in [1.29, 1.82) is 0 Å². The van der Waals surface area contributed by atoms with E-state index in [1.54, 1.807) is 36.4 Å². The van der Waals surface area contributed by atoms with Crippen molar-refractivity contribution in [2.75, 3.05) is 10.7 Å². The first-order valence-corrected chi connectivity index (χ1v) is 12.6. The predicted molar refractivity (Wildman–Crippen MR) is 122 cm³/mol. The third-order valence-electron chi connectivity index (χ3n) is 5.01. The van der Waals surface area contributed by atoms with Crippen LogP contribution < -0.4 is 4.90 Å². The highest BCUT2D eigenvalue weighted by Gasteiger charge is 2.23. The van der Waals surface area contributed by atoms with Crippen LogP contribution in [0.15, 0.2) is 64.1 Å². The lowest BCUT2D eigenvalue weighted by Gasteiger charge is -2.18. The van der Waals surface area contributed by atoms with Crippen molar-refractivity contribution in [3.8, 4) is 0 Å². The number of nitrogens with zero attached hydrogens (tertiary/aromatic N) is 2. The smallest absolute Gasteiger partial charge is 0.229 e. The third kappa shape index (κ3) is 5.28. The molecule has 172 valence electrons. The van der Waals surface area contributed by atoms with E-state index in [9.17, 15) is 22.0 Å².